The van der Waals surface area contributed by atoms with Crippen molar-refractivity contribution in [2.45, 2.75) is 45.8 Å². The molecular formula is C14H31IN4O4S. The van der Waals surface area contributed by atoms with Crippen molar-refractivity contribution >= 4 is 45.9 Å². The zero-order valence-electron chi connectivity index (χ0n) is 15.3. The minimum Gasteiger partial charge on any atom is -0.444 e. The first kappa shape index (κ1) is 25.5. The summed E-state index contributed by atoms with van der Waals surface area (Å²) < 4.78 is 27.4. The van der Waals surface area contributed by atoms with Crippen molar-refractivity contribution in [1.29, 1.82) is 0 Å². The minimum absolute atomic E-state index is 0. The number of alkyl carbamates (subject to hydrolysis) is 1. The number of carbonyl (C=O) groups is 1. The zero-order valence-corrected chi connectivity index (χ0v) is 18.4. The second-order valence-corrected chi connectivity index (χ2v) is 8.65. The molecule has 10 heteroatoms. The number of amides is 1. The van der Waals surface area contributed by atoms with E-state index in [0.717, 1.165) is 0 Å². The van der Waals surface area contributed by atoms with Crippen molar-refractivity contribution in [3.05, 3.63) is 0 Å². The molecule has 0 saturated heterocycles. The molecule has 24 heavy (non-hydrogen) atoms. The number of ether oxygens (including phenoxy) is 1. The van der Waals surface area contributed by atoms with Crippen molar-refractivity contribution in [1.82, 2.24) is 16.0 Å². The van der Waals surface area contributed by atoms with Crippen molar-refractivity contribution in [2.24, 2.45) is 4.99 Å². The molecule has 0 spiro atoms. The van der Waals surface area contributed by atoms with E-state index in [9.17, 15) is 13.2 Å². The molecule has 0 aliphatic carbocycles. The predicted molar refractivity (Wildman–Crippen MR) is 108 cm³/mol. The fourth-order valence-electron chi connectivity index (χ4n) is 1.55. The van der Waals surface area contributed by atoms with Crippen molar-refractivity contribution in [2.75, 3.05) is 32.1 Å². The molecule has 0 fully saturated rings. The van der Waals surface area contributed by atoms with Gasteiger partial charge in [-0.25, -0.2) is 13.2 Å². The van der Waals surface area contributed by atoms with E-state index < -0.39 is 21.5 Å². The molecule has 1 unspecified atom stereocenters. The highest BCUT2D eigenvalue weighted by atomic mass is 127. The fourth-order valence-corrected chi connectivity index (χ4v) is 2.33. The van der Waals surface area contributed by atoms with Crippen LogP contribution in [0.5, 0.6) is 0 Å². The first-order chi connectivity index (χ1) is 10.4. The number of aliphatic imine (C=N–C) groups is 1. The van der Waals surface area contributed by atoms with Gasteiger partial charge in [-0.1, -0.05) is 0 Å². The monoisotopic (exact) mass is 478 g/mol. The van der Waals surface area contributed by atoms with Crippen LogP contribution in [0.1, 0.15) is 34.1 Å². The number of nitrogens with one attached hydrogen (secondary N) is 3. The Balaban J connectivity index is 0. The van der Waals surface area contributed by atoms with Gasteiger partial charge in [0, 0.05) is 32.4 Å². The molecule has 0 aliphatic heterocycles. The van der Waals surface area contributed by atoms with Crippen LogP contribution >= 0.6 is 24.0 Å². The molecule has 0 rings (SSSR count). The van der Waals surface area contributed by atoms with Gasteiger partial charge in [0.2, 0.25) is 0 Å². The first-order valence-corrected chi connectivity index (χ1v) is 9.61. The van der Waals surface area contributed by atoms with Crippen molar-refractivity contribution in [3.63, 3.8) is 0 Å². The molecular weight excluding hydrogens is 447 g/mol. The molecule has 144 valence electrons. The fraction of sp³-hybridized carbons (Fsp3) is 0.857. The van der Waals surface area contributed by atoms with E-state index in [1.54, 1.807) is 27.8 Å². The van der Waals surface area contributed by atoms with Gasteiger partial charge in [0.25, 0.3) is 0 Å². The summed E-state index contributed by atoms with van der Waals surface area (Å²) in [6.07, 6.45) is 1.24. The SMILES string of the molecule is CN=C(NCCNC(=O)OC(C)(C)C)NC(C)CCS(C)(=O)=O.I. The Morgan fingerprint density at radius 2 is 1.75 bits per heavy atom. The quantitative estimate of drug-likeness (QED) is 0.219. The van der Waals surface area contributed by atoms with Gasteiger partial charge >= 0.3 is 6.09 Å². The van der Waals surface area contributed by atoms with Crippen LogP contribution in [-0.2, 0) is 14.6 Å². The highest BCUT2D eigenvalue weighted by Crippen LogP contribution is 2.05. The Kier molecular flexibility index (Phi) is 12.4. The number of hydrogen-bond acceptors (Lipinski definition) is 5. The summed E-state index contributed by atoms with van der Waals surface area (Å²) in [7, 11) is -1.34. The second-order valence-electron chi connectivity index (χ2n) is 6.39. The van der Waals surface area contributed by atoms with Gasteiger partial charge in [-0.15, -0.1) is 24.0 Å². The molecule has 0 saturated carbocycles. The number of sulfone groups is 1. The number of rotatable bonds is 7. The van der Waals surface area contributed by atoms with E-state index in [1.807, 2.05) is 6.92 Å². The van der Waals surface area contributed by atoms with Crippen LogP contribution in [0, 0.1) is 0 Å². The minimum atomic E-state index is -2.97. The maximum absolute atomic E-state index is 11.5. The highest BCUT2D eigenvalue weighted by Gasteiger charge is 2.15. The van der Waals surface area contributed by atoms with Gasteiger partial charge in [0.15, 0.2) is 5.96 Å². The molecule has 1 atom stereocenters. The van der Waals surface area contributed by atoms with E-state index >= 15 is 0 Å². The molecule has 0 bridgehead atoms. The van der Waals surface area contributed by atoms with Gasteiger partial charge in [-0.3, -0.25) is 4.99 Å². The first-order valence-electron chi connectivity index (χ1n) is 7.54. The van der Waals surface area contributed by atoms with E-state index in [-0.39, 0.29) is 35.8 Å². The zero-order chi connectivity index (χ0) is 18.1. The van der Waals surface area contributed by atoms with Gasteiger partial charge in [0.1, 0.15) is 15.4 Å². The Labute approximate surface area is 162 Å². The largest absolute Gasteiger partial charge is 0.444 e. The van der Waals surface area contributed by atoms with E-state index in [2.05, 4.69) is 20.9 Å². The third-order valence-electron chi connectivity index (χ3n) is 2.61. The number of hydrogen-bond donors (Lipinski definition) is 3. The Morgan fingerprint density at radius 1 is 1.21 bits per heavy atom. The summed E-state index contributed by atoms with van der Waals surface area (Å²) >= 11 is 0. The number of carbonyl (C=O) groups excluding carboxylic acids is 1. The Morgan fingerprint density at radius 3 is 2.21 bits per heavy atom. The van der Waals surface area contributed by atoms with E-state index in [0.29, 0.717) is 25.5 Å². The molecule has 0 aromatic heterocycles. The average Bonchev–Trinajstić information content (AvgIpc) is 2.37. The van der Waals surface area contributed by atoms with Gasteiger partial charge in [-0.05, 0) is 34.1 Å². The standard InChI is InChI=1S/C14H30N4O4S.HI/c1-11(7-10-23(6,20)21)18-12(15-5)16-8-9-17-13(19)22-14(2,3)4;/h11H,7-10H2,1-6H3,(H,17,19)(H2,15,16,18);1H. The molecule has 0 radical (unpaired) electrons. The average molecular weight is 478 g/mol. The molecule has 1 amide bonds. The maximum atomic E-state index is 11.5. The summed E-state index contributed by atoms with van der Waals surface area (Å²) in [4.78, 5) is 15.5. The summed E-state index contributed by atoms with van der Waals surface area (Å²) in [5.41, 5.74) is -0.524. The van der Waals surface area contributed by atoms with Crippen LogP contribution in [-0.4, -0.2) is 64.3 Å². The maximum Gasteiger partial charge on any atom is 0.407 e. The topological polar surface area (TPSA) is 109 Å². The third-order valence-corrected chi connectivity index (χ3v) is 3.59. The van der Waals surface area contributed by atoms with E-state index in [4.69, 9.17) is 4.74 Å². The van der Waals surface area contributed by atoms with Crippen molar-refractivity contribution < 1.29 is 17.9 Å². The molecule has 0 aliphatic rings. The Bertz CT molecular complexity index is 503. The molecule has 8 nitrogen and oxygen atoms in total. The molecule has 3 N–H and O–H groups in total. The molecule has 0 heterocycles. The van der Waals surface area contributed by atoms with Gasteiger partial charge in [-0.2, -0.15) is 0 Å². The molecule has 0 aromatic carbocycles. The highest BCUT2D eigenvalue weighted by molar-refractivity contribution is 14.0. The summed E-state index contributed by atoms with van der Waals surface area (Å²) in [6, 6.07) is -0.0326. The second kappa shape index (κ2) is 11.7. The van der Waals surface area contributed by atoms with Crippen LogP contribution in [0.2, 0.25) is 0 Å². The number of nitrogens with zero attached hydrogens (tertiary/aromatic N) is 1. The lowest BCUT2D eigenvalue weighted by Crippen LogP contribution is -2.45. The smallest absolute Gasteiger partial charge is 0.407 e. The van der Waals surface area contributed by atoms with Crippen LogP contribution in [0.25, 0.3) is 0 Å². The van der Waals surface area contributed by atoms with Crippen LogP contribution in [0.4, 0.5) is 4.79 Å². The summed E-state index contributed by atoms with van der Waals surface area (Å²) in [5.74, 6) is 0.676. The van der Waals surface area contributed by atoms with Crippen LogP contribution < -0.4 is 16.0 Å². The molecule has 0 aromatic rings. The van der Waals surface area contributed by atoms with Crippen molar-refractivity contribution in [3.8, 4) is 0 Å². The normalized spacial score (nSPS) is 13.5. The number of halogens is 1. The number of guanidine groups is 1. The summed E-state index contributed by atoms with van der Waals surface area (Å²) in [6.45, 7) is 8.14. The lowest BCUT2D eigenvalue weighted by Gasteiger charge is -2.20. The van der Waals surface area contributed by atoms with Gasteiger partial charge < -0.3 is 20.7 Å². The third kappa shape index (κ3) is 16.1. The van der Waals surface area contributed by atoms with E-state index in [1.165, 1.54) is 6.26 Å². The lowest BCUT2D eigenvalue weighted by molar-refractivity contribution is 0.0529. The van der Waals surface area contributed by atoms with Crippen LogP contribution in [0.15, 0.2) is 4.99 Å². The van der Waals surface area contributed by atoms with Gasteiger partial charge in [0.05, 0.1) is 5.75 Å². The summed E-state index contributed by atoms with van der Waals surface area (Å²) in [5, 5.41) is 8.76. The van der Waals surface area contributed by atoms with Crippen LogP contribution in [0.3, 0.4) is 0 Å². The lowest BCUT2D eigenvalue weighted by atomic mass is 10.2. The Hall–Kier alpha value is -0.780. The predicted octanol–water partition coefficient (Wildman–Crippen LogP) is 1.12.